The quantitative estimate of drug-likeness (QED) is 0.451. The van der Waals surface area contributed by atoms with Crippen molar-refractivity contribution >= 4 is 23.1 Å². The van der Waals surface area contributed by atoms with Crippen LogP contribution in [0.2, 0.25) is 0 Å². The topological polar surface area (TPSA) is 101 Å². The zero-order chi connectivity index (χ0) is 22.5. The Hall–Kier alpha value is -3.81. The van der Waals surface area contributed by atoms with Crippen LogP contribution >= 0.6 is 0 Å². The van der Waals surface area contributed by atoms with E-state index in [1.807, 2.05) is 24.3 Å². The number of anilines is 2. The van der Waals surface area contributed by atoms with Gasteiger partial charge in [0.15, 0.2) is 5.82 Å². The predicted octanol–water partition coefficient (Wildman–Crippen LogP) is 4.99. The molecule has 164 valence electrons. The predicted molar refractivity (Wildman–Crippen MR) is 124 cm³/mol. The fourth-order valence-electron chi connectivity index (χ4n) is 3.88. The van der Waals surface area contributed by atoms with Crippen LogP contribution in [0.3, 0.4) is 0 Å². The van der Waals surface area contributed by atoms with Gasteiger partial charge in [0.05, 0.1) is 10.6 Å². The molecule has 0 saturated carbocycles. The number of nitro benzene ring substituents is 1. The molecule has 2 heterocycles. The van der Waals surface area contributed by atoms with Gasteiger partial charge >= 0.3 is 0 Å². The van der Waals surface area contributed by atoms with E-state index in [1.54, 1.807) is 19.1 Å². The molecule has 0 spiro atoms. The summed E-state index contributed by atoms with van der Waals surface area (Å²) in [6.07, 6.45) is 4.93. The molecule has 0 radical (unpaired) electrons. The lowest BCUT2D eigenvalue weighted by atomic mass is 10.1. The molecule has 8 nitrogen and oxygen atoms in total. The monoisotopic (exact) mass is 431 g/mol. The van der Waals surface area contributed by atoms with Crippen LogP contribution in [0.1, 0.15) is 41.6 Å². The van der Waals surface area contributed by atoms with E-state index in [1.165, 1.54) is 43.9 Å². The van der Waals surface area contributed by atoms with Gasteiger partial charge in [-0.1, -0.05) is 25.0 Å². The number of nitro groups is 1. The highest BCUT2D eigenvalue weighted by Crippen LogP contribution is 2.23. The number of nitrogens with one attached hydrogen (secondary N) is 1. The van der Waals surface area contributed by atoms with Crippen molar-refractivity contribution in [3.63, 3.8) is 0 Å². The van der Waals surface area contributed by atoms with Gasteiger partial charge in [-0.25, -0.2) is 0 Å². The lowest BCUT2D eigenvalue weighted by Crippen LogP contribution is -2.25. The smallest absolute Gasteiger partial charge is 0.272 e. The van der Waals surface area contributed by atoms with Gasteiger partial charge in [-0.3, -0.25) is 14.9 Å². The van der Waals surface area contributed by atoms with Gasteiger partial charge in [-0.05, 0) is 56.2 Å². The van der Waals surface area contributed by atoms with Crippen LogP contribution in [0.25, 0.3) is 11.3 Å². The molecule has 4 rings (SSSR count). The normalized spacial score (nSPS) is 14.0. The number of hydrogen-bond donors (Lipinski definition) is 1. The van der Waals surface area contributed by atoms with E-state index in [2.05, 4.69) is 20.4 Å². The van der Waals surface area contributed by atoms with Gasteiger partial charge < -0.3 is 10.2 Å². The Balaban J connectivity index is 1.42. The van der Waals surface area contributed by atoms with E-state index < -0.39 is 4.92 Å². The van der Waals surface area contributed by atoms with Crippen molar-refractivity contribution < 1.29 is 9.72 Å². The van der Waals surface area contributed by atoms with Crippen LogP contribution in [0.5, 0.6) is 0 Å². The fourth-order valence-corrected chi connectivity index (χ4v) is 3.88. The van der Waals surface area contributed by atoms with Gasteiger partial charge in [-0.15, -0.1) is 10.2 Å². The zero-order valence-electron chi connectivity index (χ0n) is 18.0. The molecule has 1 aliphatic heterocycles. The van der Waals surface area contributed by atoms with E-state index >= 15 is 0 Å². The average Bonchev–Trinajstić information content (AvgIpc) is 3.09. The number of benzene rings is 2. The minimum atomic E-state index is -0.459. The summed E-state index contributed by atoms with van der Waals surface area (Å²) in [6, 6.07) is 15.7. The Morgan fingerprint density at radius 3 is 2.28 bits per heavy atom. The molecular weight excluding hydrogens is 406 g/mol. The van der Waals surface area contributed by atoms with Crippen molar-refractivity contribution in [2.45, 2.75) is 32.6 Å². The third-order valence-electron chi connectivity index (χ3n) is 5.67. The molecule has 3 aromatic rings. The first-order valence-corrected chi connectivity index (χ1v) is 10.8. The lowest BCUT2D eigenvalue weighted by Gasteiger charge is -2.20. The van der Waals surface area contributed by atoms with Gasteiger partial charge in [-0.2, -0.15) is 0 Å². The minimum Gasteiger partial charge on any atom is -0.355 e. The first-order valence-electron chi connectivity index (χ1n) is 10.8. The molecule has 1 fully saturated rings. The second kappa shape index (κ2) is 9.55. The second-order valence-corrected chi connectivity index (χ2v) is 7.97. The Labute approximate surface area is 186 Å². The highest BCUT2D eigenvalue weighted by atomic mass is 16.6. The van der Waals surface area contributed by atoms with E-state index in [-0.39, 0.29) is 11.6 Å². The SMILES string of the molecule is Cc1cc(C(=O)Nc2ccc(-c3ccc(N4CCCCCC4)nn3)cc2)ccc1[N+](=O)[O-]. The maximum atomic E-state index is 12.5. The van der Waals surface area contributed by atoms with Crippen LogP contribution in [0.4, 0.5) is 17.2 Å². The summed E-state index contributed by atoms with van der Waals surface area (Å²) in [7, 11) is 0. The zero-order valence-corrected chi connectivity index (χ0v) is 18.0. The Bertz CT molecular complexity index is 1110. The van der Waals surface area contributed by atoms with E-state index in [9.17, 15) is 14.9 Å². The number of amides is 1. The molecule has 1 saturated heterocycles. The van der Waals surface area contributed by atoms with Crippen molar-refractivity contribution in [2.24, 2.45) is 0 Å². The summed E-state index contributed by atoms with van der Waals surface area (Å²) >= 11 is 0. The van der Waals surface area contributed by atoms with Crippen LogP contribution in [0, 0.1) is 17.0 Å². The molecule has 1 aromatic heterocycles. The fraction of sp³-hybridized carbons (Fsp3) is 0.292. The standard InChI is InChI=1S/C24H25N5O3/c1-17-16-19(8-12-22(17)29(31)32)24(30)25-20-9-6-18(7-10-20)21-11-13-23(27-26-21)28-14-4-2-3-5-15-28/h6-13,16H,2-5,14-15H2,1H3,(H,25,30). The molecule has 1 aliphatic rings. The summed E-state index contributed by atoms with van der Waals surface area (Å²) in [5.74, 6) is 0.593. The summed E-state index contributed by atoms with van der Waals surface area (Å²) in [5.41, 5.74) is 3.11. The second-order valence-electron chi connectivity index (χ2n) is 7.97. The summed E-state index contributed by atoms with van der Waals surface area (Å²) < 4.78 is 0. The molecule has 0 unspecified atom stereocenters. The van der Waals surface area contributed by atoms with Crippen molar-refractivity contribution in [3.05, 3.63) is 75.8 Å². The lowest BCUT2D eigenvalue weighted by molar-refractivity contribution is -0.385. The number of aromatic nitrogens is 2. The third-order valence-corrected chi connectivity index (χ3v) is 5.67. The molecule has 0 aliphatic carbocycles. The van der Waals surface area contributed by atoms with Crippen molar-refractivity contribution in [3.8, 4) is 11.3 Å². The first kappa shape index (κ1) is 21.4. The Kier molecular flexibility index (Phi) is 6.39. The van der Waals surface area contributed by atoms with Crippen molar-refractivity contribution in [1.29, 1.82) is 0 Å². The molecule has 0 bridgehead atoms. The largest absolute Gasteiger partial charge is 0.355 e. The summed E-state index contributed by atoms with van der Waals surface area (Å²) in [5, 5.41) is 22.6. The molecule has 0 atom stereocenters. The number of hydrogen-bond acceptors (Lipinski definition) is 6. The average molecular weight is 431 g/mol. The number of nitrogens with zero attached hydrogens (tertiary/aromatic N) is 4. The van der Waals surface area contributed by atoms with Crippen LogP contribution in [-0.2, 0) is 0 Å². The van der Waals surface area contributed by atoms with Gasteiger partial charge in [0.25, 0.3) is 11.6 Å². The number of rotatable bonds is 5. The number of aryl methyl sites for hydroxylation is 1. The summed E-state index contributed by atoms with van der Waals surface area (Å²) in [6.45, 7) is 3.66. The van der Waals surface area contributed by atoms with Gasteiger partial charge in [0, 0.05) is 41.5 Å². The molecule has 2 aromatic carbocycles. The highest BCUT2D eigenvalue weighted by molar-refractivity contribution is 6.04. The molecular formula is C24H25N5O3. The van der Waals surface area contributed by atoms with Crippen LogP contribution in [0.15, 0.2) is 54.6 Å². The molecule has 32 heavy (non-hydrogen) atoms. The molecule has 1 amide bonds. The Morgan fingerprint density at radius 1 is 0.969 bits per heavy atom. The van der Waals surface area contributed by atoms with Gasteiger partial charge in [0.2, 0.25) is 0 Å². The summed E-state index contributed by atoms with van der Waals surface area (Å²) in [4.78, 5) is 25.3. The highest BCUT2D eigenvalue weighted by Gasteiger charge is 2.15. The third kappa shape index (κ3) is 4.91. The maximum absolute atomic E-state index is 12.5. The van der Waals surface area contributed by atoms with Crippen molar-refractivity contribution in [1.82, 2.24) is 10.2 Å². The molecule has 8 heteroatoms. The maximum Gasteiger partial charge on any atom is 0.272 e. The molecule has 1 N–H and O–H groups in total. The van der Waals surface area contributed by atoms with Crippen LogP contribution in [-0.4, -0.2) is 34.1 Å². The first-order chi connectivity index (χ1) is 15.5. The van der Waals surface area contributed by atoms with Crippen molar-refractivity contribution in [2.75, 3.05) is 23.3 Å². The van der Waals surface area contributed by atoms with E-state index in [0.29, 0.717) is 16.8 Å². The number of carbonyl (C=O) groups is 1. The van der Waals surface area contributed by atoms with E-state index in [0.717, 1.165) is 30.2 Å². The van der Waals surface area contributed by atoms with Gasteiger partial charge in [0.1, 0.15) is 0 Å². The Morgan fingerprint density at radius 2 is 1.69 bits per heavy atom. The minimum absolute atomic E-state index is 0.00567. The van der Waals surface area contributed by atoms with Crippen LogP contribution < -0.4 is 10.2 Å². The van der Waals surface area contributed by atoms with E-state index in [4.69, 9.17) is 0 Å². The number of carbonyl (C=O) groups excluding carboxylic acids is 1.